The summed E-state index contributed by atoms with van der Waals surface area (Å²) in [7, 11) is 0. The van der Waals surface area contributed by atoms with Crippen molar-refractivity contribution >= 4 is 10.8 Å². The van der Waals surface area contributed by atoms with E-state index in [0.717, 1.165) is 24.4 Å². The molecule has 2 aromatic rings. The van der Waals surface area contributed by atoms with Gasteiger partial charge in [-0.3, -0.25) is 0 Å². The summed E-state index contributed by atoms with van der Waals surface area (Å²) in [5, 5.41) is 6.38. The zero-order chi connectivity index (χ0) is 13.5. The molecule has 2 atom stereocenters. The van der Waals surface area contributed by atoms with Crippen molar-refractivity contribution in [2.45, 2.75) is 12.6 Å². The number of nitrogens with one attached hydrogen (secondary N) is 1. The average molecular weight is 264 g/mol. The van der Waals surface area contributed by atoms with Crippen LogP contribution in [0.15, 0.2) is 55.2 Å². The Morgan fingerprint density at radius 1 is 1.10 bits per heavy atom. The maximum atomic E-state index is 3.85. The first kappa shape index (κ1) is 12.0. The lowest BCUT2D eigenvalue weighted by Gasteiger charge is -2.17. The van der Waals surface area contributed by atoms with E-state index in [0.29, 0.717) is 0 Å². The minimum atomic E-state index is 0.720. The molecular weight excluding hydrogens is 244 g/mol. The molecule has 1 saturated heterocycles. The van der Waals surface area contributed by atoms with Crippen molar-refractivity contribution in [3.8, 4) is 0 Å². The normalized spacial score (nSPS) is 27.6. The van der Waals surface area contributed by atoms with Gasteiger partial charge < -0.3 is 10.2 Å². The predicted molar refractivity (Wildman–Crippen MR) is 83.3 cm³/mol. The van der Waals surface area contributed by atoms with E-state index in [9.17, 15) is 0 Å². The Morgan fingerprint density at radius 2 is 1.85 bits per heavy atom. The highest BCUT2D eigenvalue weighted by Gasteiger charge is 2.54. The van der Waals surface area contributed by atoms with Crippen molar-refractivity contribution in [2.24, 2.45) is 11.8 Å². The number of likely N-dealkylation sites (tertiary alicyclic amines) is 1. The molecule has 1 aliphatic carbocycles. The van der Waals surface area contributed by atoms with Crippen LogP contribution in [0.2, 0.25) is 0 Å². The summed E-state index contributed by atoms with van der Waals surface area (Å²) >= 11 is 0. The monoisotopic (exact) mass is 264 g/mol. The molecule has 4 rings (SSSR count). The third-order valence-corrected chi connectivity index (χ3v) is 4.84. The van der Waals surface area contributed by atoms with Crippen LogP contribution < -0.4 is 5.32 Å². The van der Waals surface area contributed by atoms with Crippen LogP contribution >= 0.6 is 0 Å². The summed E-state index contributed by atoms with van der Waals surface area (Å²) in [4.78, 5) is 2.34. The van der Waals surface area contributed by atoms with Gasteiger partial charge in [-0.15, -0.1) is 0 Å². The molecule has 1 saturated carbocycles. The highest BCUT2D eigenvalue weighted by molar-refractivity contribution is 5.82. The number of hydrogen-bond donors (Lipinski definition) is 1. The largest absolute Gasteiger partial charge is 0.377 e. The molecule has 2 aromatic carbocycles. The van der Waals surface area contributed by atoms with Gasteiger partial charge in [-0.05, 0) is 40.4 Å². The minimum Gasteiger partial charge on any atom is -0.377 e. The number of piperidine rings is 1. The quantitative estimate of drug-likeness (QED) is 0.913. The molecule has 0 radical (unpaired) electrons. The van der Waals surface area contributed by atoms with Gasteiger partial charge in [0, 0.05) is 25.7 Å². The molecule has 2 fully saturated rings. The van der Waals surface area contributed by atoms with E-state index in [2.05, 4.69) is 59.3 Å². The van der Waals surface area contributed by atoms with Gasteiger partial charge in [0.15, 0.2) is 0 Å². The second kappa shape index (κ2) is 4.64. The van der Waals surface area contributed by atoms with Gasteiger partial charge in [-0.25, -0.2) is 0 Å². The first-order valence-electron chi connectivity index (χ1n) is 7.43. The van der Waals surface area contributed by atoms with Crippen molar-refractivity contribution in [1.82, 2.24) is 10.2 Å². The number of hydrogen-bond acceptors (Lipinski definition) is 2. The molecule has 1 heterocycles. The highest BCUT2D eigenvalue weighted by atomic mass is 15.2. The van der Waals surface area contributed by atoms with Gasteiger partial charge in [-0.1, -0.05) is 43.0 Å². The van der Waals surface area contributed by atoms with Crippen LogP contribution in [0.1, 0.15) is 5.56 Å². The van der Waals surface area contributed by atoms with E-state index in [4.69, 9.17) is 0 Å². The summed E-state index contributed by atoms with van der Waals surface area (Å²) in [6, 6.07) is 16.0. The fraction of sp³-hybridized carbons (Fsp3) is 0.333. The van der Waals surface area contributed by atoms with E-state index in [-0.39, 0.29) is 0 Å². The van der Waals surface area contributed by atoms with Crippen molar-refractivity contribution in [3.63, 3.8) is 0 Å². The second-order valence-corrected chi connectivity index (χ2v) is 6.05. The Morgan fingerprint density at radius 3 is 2.60 bits per heavy atom. The van der Waals surface area contributed by atoms with Crippen LogP contribution in [0, 0.1) is 11.8 Å². The molecule has 2 aliphatic rings. The summed E-state index contributed by atoms with van der Waals surface area (Å²) in [5.74, 6) is 1.68. The molecule has 0 amide bonds. The van der Waals surface area contributed by atoms with E-state index in [1.54, 1.807) is 0 Å². The minimum absolute atomic E-state index is 0.720. The molecule has 2 heteroatoms. The fourth-order valence-electron chi connectivity index (χ4n) is 3.60. The fourth-order valence-corrected chi connectivity index (χ4v) is 3.60. The average Bonchev–Trinajstić information content (AvgIpc) is 2.95. The molecule has 1 aliphatic heterocycles. The molecule has 1 N–H and O–H groups in total. The first-order valence-corrected chi connectivity index (χ1v) is 7.43. The van der Waals surface area contributed by atoms with Crippen LogP contribution in [0.3, 0.4) is 0 Å². The van der Waals surface area contributed by atoms with E-state index >= 15 is 0 Å². The molecule has 20 heavy (non-hydrogen) atoms. The molecule has 0 spiro atoms. The predicted octanol–water partition coefficient (Wildman–Crippen LogP) is 3.00. The third kappa shape index (κ3) is 2.01. The Labute approximate surface area is 120 Å². The zero-order valence-corrected chi connectivity index (χ0v) is 11.6. The van der Waals surface area contributed by atoms with Crippen LogP contribution in [0.5, 0.6) is 0 Å². The highest BCUT2D eigenvalue weighted by Crippen LogP contribution is 2.45. The summed E-state index contributed by atoms with van der Waals surface area (Å²) in [5.41, 5.74) is 1.38. The Hall–Kier alpha value is -1.80. The molecule has 2 nitrogen and oxygen atoms in total. The Kier molecular flexibility index (Phi) is 2.78. The van der Waals surface area contributed by atoms with Crippen molar-refractivity contribution < 1.29 is 0 Å². The smallest absolute Gasteiger partial charge is 0.0219 e. The second-order valence-electron chi connectivity index (χ2n) is 6.05. The molecule has 2 unspecified atom stereocenters. The number of rotatable bonds is 4. The number of fused-ring (bicyclic) bond motifs is 2. The summed E-state index contributed by atoms with van der Waals surface area (Å²) < 4.78 is 0. The SMILES string of the molecule is C=CN1CC2C(C1)C2NCc1ccc2ccccc2c1. The summed E-state index contributed by atoms with van der Waals surface area (Å²) in [6.07, 6.45) is 1.98. The maximum absolute atomic E-state index is 3.85. The molecule has 0 bridgehead atoms. The topological polar surface area (TPSA) is 15.3 Å². The van der Waals surface area contributed by atoms with Crippen molar-refractivity contribution in [1.29, 1.82) is 0 Å². The molecule has 0 aromatic heterocycles. The van der Waals surface area contributed by atoms with Gasteiger partial charge in [-0.2, -0.15) is 0 Å². The molecular formula is C18H20N2. The van der Waals surface area contributed by atoms with Crippen LogP contribution in [0.4, 0.5) is 0 Å². The lowest BCUT2D eigenvalue weighted by molar-refractivity contribution is 0.386. The van der Waals surface area contributed by atoms with E-state index in [1.165, 1.54) is 29.4 Å². The Bertz CT molecular complexity index is 637. The van der Waals surface area contributed by atoms with Gasteiger partial charge in [0.1, 0.15) is 0 Å². The van der Waals surface area contributed by atoms with Crippen molar-refractivity contribution in [3.05, 3.63) is 60.8 Å². The van der Waals surface area contributed by atoms with Gasteiger partial charge in [0.25, 0.3) is 0 Å². The van der Waals surface area contributed by atoms with Gasteiger partial charge in [0.05, 0.1) is 0 Å². The number of benzene rings is 2. The van der Waals surface area contributed by atoms with Crippen LogP contribution in [-0.2, 0) is 6.54 Å². The summed E-state index contributed by atoms with van der Waals surface area (Å²) in [6.45, 7) is 7.20. The van der Waals surface area contributed by atoms with E-state index < -0.39 is 0 Å². The third-order valence-electron chi connectivity index (χ3n) is 4.84. The number of nitrogens with zero attached hydrogens (tertiary/aromatic N) is 1. The van der Waals surface area contributed by atoms with Gasteiger partial charge in [0.2, 0.25) is 0 Å². The van der Waals surface area contributed by atoms with Crippen LogP contribution in [0.25, 0.3) is 10.8 Å². The van der Waals surface area contributed by atoms with E-state index in [1.807, 2.05) is 6.20 Å². The van der Waals surface area contributed by atoms with Crippen molar-refractivity contribution in [2.75, 3.05) is 13.1 Å². The standard InChI is InChI=1S/C18H20N2/c1-2-20-11-16-17(12-20)18(16)19-10-13-7-8-14-5-3-4-6-15(14)9-13/h2-9,16-19H,1,10-12H2. The zero-order valence-electron chi connectivity index (χ0n) is 11.6. The Balaban J connectivity index is 1.39. The molecule has 102 valence electrons. The maximum Gasteiger partial charge on any atom is 0.0219 e. The first-order chi connectivity index (χ1) is 9.85. The lowest BCUT2D eigenvalue weighted by atomic mass is 10.1. The van der Waals surface area contributed by atoms with Crippen LogP contribution in [-0.4, -0.2) is 24.0 Å². The van der Waals surface area contributed by atoms with Gasteiger partial charge >= 0.3 is 0 Å². The lowest BCUT2D eigenvalue weighted by Crippen LogP contribution is -2.28.